The maximum absolute atomic E-state index is 13.8. The molecule has 3 N–H and O–H groups in total. The van der Waals surface area contributed by atoms with Crippen LogP contribution in [0.2, 0.25) is 0 Å². The molecule has 1 fully saturated rings. The summed E-state index contributed by atoms with van der Waals surface area (Å²) in [5, 5.41) is 8.50. The summed E-state index contributed by atoms with van der Waals surface area (Å²) in [7, 11) is -3.86. The fourth-order valence-corrected chi connectivity index (χ4v) is 6.62. The van der Waals surface area contributed by atoms with Crippen molar-refractivity contribution < 1.29 is 27.2 Å². The molecule has 1 saturated heterocycles. The topological polar surface area (TPSA) is 151 Å². The van der Waals surface area contributed by atoms with Crippen LogP contribution in [0.15, 0.2) is 89.3 Å². The molecule has 3 amide bonds. The van der Waals surface area contributed by atoms with Gasteiger partial charge in [0.05, 0.1) is 17.5 Å². The first-order valence-electron chi connectivity index (χ1n) is 14.5. The summed E-state index contributed by atoms with van der Waals surface area (Å²) in [6.45, 7) is 1.98. The Balaban J connectivity index is 1.38. The van der Waals surface area contributed by atoms with Crippen molar-refractivity contribution in [2.75, 3.05) is 31.9 Å². The second-order valence-corrected chi connectivity index (χ2v) is 12.8. The van der Waals surface area contributed by atoms with Gasteiger partial charge in [0.1, 0.15) is 11.6 Å². The Labute approximate surface area is 255 Å². The van der Waals surface area contributed by atoms with E-state index in [0.29, 0.717) is 49.3 Å². The number of carbonyl (C=O) groups is 3. The van der Waals surface area contributed by atoms with Gasteiger partial charge in [-0.3, -0.25) is 9.59 Å². The van der Waals surface area contributed by atoms with Crippen molar-refractivity contribution in [3.8, 4) is 0 Å². The zero-order valence-corrected chi connectivity index (χ0v) is 25.0. The van der Waals surface area contributed by atoms with Crippen molar-refractivity contribution in [1.29, 1.82) is 0 Å². The van der Waals surface area contributed by atoms with Crippen LogP contribution in [0.1, 0.15) is 28.2 Å². The Kier molecular flexibility index (Phi) is 10.0. The number of sulfone groups is 1. The van der Waals surface area contributed by atoms with Crippen molar-refractivity contribution in [2.24, 2.45) is 0 Å². The van der Waals surface area contributed by atoms with Crippen molar-refractivity contribution in [3.05, 3.63) is 102 Å². The number of ketones is 1. The number of aromatic nitrogens is 1. The first kappa shape index (κ1) is 30.9. The second kappa shape index (κ2) is 14.3. The molecule has 0 saturated carbocycles. The summed E-state index contributed by atoms with van der Waals surface area (Å²) in [4.78, 5) is 46.5. The lowest BCUT2D eigenvalue weighted by molar-refractivity contribution is -0.123. The van der Waals surface area contributed by atoms with E-state index in [9.17, 15) is 22.8 Å². The molecule has 0 spiro atoms. The van der Waals surface area contributed by atoms with Crippen LogP contribution in [0, 0.1) is 0 Å². The maximum Gasteiger partial charge on any atom is 0.318 e. The van der Waals surface area contributed by atoms with E-state index in [0.717, 1.165) is 5.56 Å². The smallest absolute Gasteiger partial charge is 0.318 e. The number of nitrogens with one attached hydrogen (secondary N) is 3. The van der Waals surface area contributed by atoms with Gasteiger partial charge < -0.3 is 25.3 Å². The minimum atomic E-state index is -3.86. The van der Waals surface area contributed by atoms with Crippen molar-refractivity contribution >= 4 is 38.7 Å². The fraction of sp³-hybridized carbons (Fsp3) is 0.312. The number of oxazole rings is 1. The van der Waals surface area contributed by atoms with Crippen LogP contribution in [0.5, 0.6) is 0 Å². The Morgan fingerprint density at radius 1 is 0.841 bits per heavy atom. The second-order valence-electron chi connectivity index (χ2n) is 10.7. The first-order chi connectivity index (χ1) is 21.3. The van der Waals surface area contributed by atoms with Gasteiger partial charge in [-0.25, -0.2) is 18.2 Å². The number of carbonyl (C=O) groups excluding carboxylic acids is 3. The third kappa shape index (κ3) is 8.29. The van der Waals surface area contributed by atoms with Gasteiger partial charge in [-0.15, -0.1) is 0 Å². The van der Waals surface area contributed by atoms with Crippen LogP contribution in [0.25, 0.3) is 11.1 Å². The Morgan fingerprint density at radius 3 is 2.16 bits per heavy atom. The van der Waals surface area contributed by atoms with E-state index in [1.807, 2.05) is 30.3 Å². The van der Waals surface area contributed by atoms with Crippen LogP contribution in [0.3, 0.4) is 0 Å². The lowest BCUT2D eigenvalue weighted by Gasteiger charge is -2.30. The highest BCUT2D eigenvalue weighted by Crippen LogP contribution is 2.18. The predicted octanol–water partition coefficient (Wildman–Crippen LogP) is 2.73. The third-order valence-electron chi connectivity index (χ3n) is 7.37. The molecule has 3 aromatic carbocycles. The van der Waals surface area contributed by atoms with E-state index in [1.165, 1.54) is 4.90 Å². The van der Waals surface area contributed by atoms with E-state index < -0.39 is 45.4 Å². The molecule has 2 heterocycles. The number of hydrogen-bond donors (Lipinski definition) is 3. The minimum Gasteiger partial charge on any atom is -0.434 e. The summed E-state index contributed by atoms with van der Waals surface area (Å²) >= 11 is 0. The van der Waals surface area contributed by atoms with Crippen LogP contribution in [-0.2, 0) is 26.8 Å². The molecular formula is C32H35N5O6S. The fourth-order valence-electron chi connectivity index (χ4n) is 5.06. The van der Waals surface area contributed by atoms with Crippen molar-refractivity contribution in [3.63, 3.8) is 0 Å². The standard InChI is InChI=1S/C32H35N5O6S/c38-29(31-35-25-13-7-8-14-28(25)43-31)26(16-15-23-9-3-1-4-10-23)34-30(39)27(36-32(40)37-19-17-33-18-20-37)22-44(41,42)21-24-11-5-2-6-12-24/h1-14,26-27,33H,15-22H2,(H,34,39)(H,36,40)/t26-,27-/m0/s1. The van der Waals surface area contributed by atoms with E-state index in [2.05, 4.69) is 20.9 Å². The van der Waals surface area contributed by atoms with Gasteiger partial charge >= 0.3 is 6.03 Å². The normalized spacial score (nSPS) is 15.0. The van der Waals surface area contributed by atoms with Gasteiger partial charge in [0, 0.05) is 26.2 Å². The number of para-hydroxylation sites is 2. The van der Waals surface area contributed by atoms with Crippen LogP contribution < -0.4 is 16.0 Å². The van der Waals surface area contributed by atoms with Gasteiger partial charge in [0.15, 0.2) is 15.4 Å². The number of aryl methyl sites for hydroxylation is 1. The number of hydrogen-bond acceptors (Lipinski definition) is 8. The van der Waals surface area contributed by atoms with Gasteiger partial charge in [-0.05, 0) is 36.1 Å². The summed E-state index contributed by atoms with van der Waals surface area (Å²) in [5.74, 6) is -2.45. The number of Topliss-reactive ketones (excluding diaryl/α,β-unsaturated/α-hetero) is 1. The molecule has 0 radical (unpaired) electrons. The quantitative estimate of drug-likeness (QED) is 0.205. The lowest BCUT2D eigenvalue weighted by atomic mass is 10.0. The average molecular weight is 618 g/mol. The minimum absolute atomic E-state index is 0.164. The van der Waals surface area contributed by atoms with Gasteiger partial charge in [0.25, 0.3) is 5.89 Å². The van der Waals surface area contributed by atoms with E-state index >= 15 is 0 Å². The van der Waals surface area contributed by atoms with E-state index in [4.69, 9.17) is 4.42 Å². The molecule has 230 valence electrons. The van der Waals surface area contributed by atoms with Crippen LogP contribution in [-0.4, -0.2) is 80.0 Å². The maximum atomic E-state index is 13.8. The number of amides is 3. The summed E-state index contributed by atoms with van der Waals surface area (Å²) in [6.07, 6.45) is 0.643. The van der Waals surface area contributed by atoms with E-state index in [-0.39, 0.29) is 18.1 Å². The zero-order valence-electron chi connectivity index (χ0n) is 24.1. The lowest BCUT2D eigenvalue weighted by Crippen LogP contribution is -2.58. The number of urea groups is 1. The SMILES string of the molecule is O=C(N[C@@H](CCc1ccccc1)C(=O)c1nc2ccccc2o1)[C@H](CS(=O)(=O)Cc1ccccc1)NC(=O)N1CCNCC1. The highest BCUT2D eigenvalue weighted by molar-refractivity contribution is 7.90. The number of piperazine rings is 1. The molecule has 1 aliphatic rings. The highest BCUT2D eigenvalue weighted by atomic mass is 32.2. The number of fused-ring (bicyclic) bond motifs is 1. The molecule has 11 nitrogen and oxygen atoms in total. The Morgan fingerprint density at radius 2 is 1.48 bits per heavy atom. The largest absolute Gasteiger partial charge is 0.434 e. The number of benzene rings is 3. The molecule has 1 aliphatic heterocycles. The van der Waals surface area contributed by atoms with E-state index in [1.54, 1.807) is 54.6 Å². The number of rotatable bonds is 12. The summed E-state index contributed by atoms with van der Waals surface area (Å²) < 4.78 is 32.3. The van der Waals surface area contributed by atoms with Gasteiger partial charge in [0.2, 0.25) is 11.7 Å². The van der Waals surface area contributed by atoms with Crippen LogP contribution >= 0.6 is 0 Å². The molecular weight excluding hydrogens is 582 g/mol. The molecule has 0 bridgehead atoms. The molecule has 44 heavy (non-hydrogen) atoms. The highest BCUT2D eigenvalue weighted by Gasteiger charge is 2.33. The molecule has 0 aliphatic carbocycles. The van der Waals surface area contributed by atoms with Crippen molar-refractivity contribution in [2.45, 2.75) is 30.7 Å². The van der Waals surface area contributed by atoms with Gasteiger partial charge in [-0.2, -0.15) is 0 Å². The van der Waals surface area contributed by atoms with Crippen molar-refractivity contribution in [1.82, 2.24) is 25.8 Å². The first-order valence-corrected chi connectivity index (χ1v) is 16.3. The predicted molar refractivity (Wildman–Crippen MR) is 166 cm³/mol. The molecule has 1 aromatic heterocycles. The molecule has 4 aromatic rings. The third-order valence-corrected chi connectivity index (χ3v) is 8.98. The monoisotopic (exact) mass is 617 g/mol. The number of nitrogens with zero attached hydrogens (tertiary/aromatic N) is 2. The average Bonchev–Trinajstić information content (AvgIpc) is 3.48. The summed E-state index contributed by atoms with van der Waals surface area (Å²) in [5.41, 5.74) is 2.44. The Bertz CT molecular complexity index is 1650. The van der Waals surface area contributed by atoms with Crippen LogP contribution in [0.4, 0.5) is 4.79 Å². The summed E-state index contributed by atoms with van der Waals surface area (Å²) in [6, 6.07) is 21.9. The zero-order chi connectivity index (χ0) is 30.9. The van der Waals surface area contributed by atoms with Gasteiger partial charge in [-0.1, -0.05) is 72.8 Å². The Hall–Kier alpha value is -4.55. The molecule has 2 atom stereocenters. The molecule has 5 rings (SSSR count). The molecule has 12 heteroatoms. The molecule has 0 unspecified atom stereocenters.